The van der Waals surface area contributed by atoms with Gasteiger partial charge in [-0.2, -0.15) is 0 Å². The number of ether oxygens (including phenoxy) is 2. The van der Waals surface area contributed by atoms with Crippen LogP contribution < -0.4 is 4.74 Å². The van der Waals surface area contributed by atoms with Gasteiger partial charge < -0.3 is 14.6 Å². The zero-order valence-electron chi connectivity index (χ0n) is 13.5. The minimum Gasteiger partial charge on any atom is -0.497 e. The SMILES string of the molecule is COCC[C@@]1(CO)CCCN(Cc2ccc(OC)cc2F)C1. The fraction of sp³-hybridized carbons (Fsp3) is 0.647. The number of hydrogen-bond donors (Lipinski definition) is 1. The first kappa shape index (κ1) is 17.2. The van der Waals surface area contributed by atoms with Gasteiger partial charge >= 0.3 is 0 Å². The van der Waals surface area contributed by atoms with E-state index >= 15 is 0 Å². The predicted octanol–water partition coefficient (Wildman–Crippen LogP) is 2.45. The molecule has 4 nitrogen and oxygen atoms in total. The molecule has 0 amide bonds. The number of rotatable bonds is 7. The van der Waals surface area contributed by atoms with Gasteiger partial charge in [0.1, 0.15) is 11.6 Å². The second-order valence-electron chi connectivity index (χ2n) is 6.17. The van der Waals surface area contributed by atoms with Gasteiger partial charge in [-0.05, 0) is 31.9 Å². The fourth-order valence-electron chi connectivity index (χ4n) is 3.20. The van der Waals surface area contributed by atoms with Crippen molar-refractivity contribution in [1.29, 1.82) is 0 Å². The third kappa shape index (κ3) is 4.18. The lowest BCUT2D eigenvalue weighted by Gasteiger charge is -2.42. The summed E-state index contributed by atoms with van der Waals surface area (Å²) in [7, 11) is 3.21. The Morgan fingerprint density at radius 3 is 2.82 bits per heavy atom. The minimum absolute atomic E-state index is 0.128. The third-order valence-corrected chi connectivity index (χ3v) is 4.57. The van der Waals surface area contributed by atoms with Crippen LogP contribution in [-0.2, 0) is 11.3 Å². The molecular weight excluding hydrogens is 285 g/mol. The number of aliphatic hydroxyl groups excluding tert-OH is 1. The van der Waals surface area contributed by atoms with Gasteiger partial charge in [-0.15, -0.1) is 0 Å². The van der Waals surface area contributed by atoms with Crippen LogP contribution in [0.15, 0.2) is 18.2 Å². The number of aliphatic hydroxyl groups is 1. The van der Waals surface area contributed by atoms with E-state index in [0.29, 0.717) is 24.5 Å². The second-order valence-corrected chi connectivity index (χ2v) is 6.17. The van der Waals surface area contributed by atoms with Crippen molar-refractivity contribution in [3.63, 3.8) is 0 Å². The molecule has 1 aliphatic rings. The van der Waals surface area contributed by atoms with Crippen LogP contribution >= 0.6 is 0 Å². The smallest absolute Gasteiger partial charge is 0.131 e. The highest BCUT2D eigenvalue weighted by Gasteiger charge is 2.34. The average Bonchev–Trinajstić information content (AvgIpc) is 2.55. The lowest BCUT2D eigenvalue weighted by atomic mass is 9.78. The summed E-state index contributed by atoms with van der Waals surface area (Å²) < 4.78 is 24.3. The Balaban J connectivity index is 2.03. The van der Waals surface area contributed by atoms with Crippen molar-refractivity contribution in [2.75, 3.05) is 40.5 Å². The molecular formula is C17H26FNO3. The van der Waals surface area contributed by atoms with Gasteiger partial charge in [0.05, 0.1) is 13.7 Å². The first-order valence-electron chi connectivity index (χ1n) is 7.77. The molecule has 0 unspecified atom stereocenters. The molecule has 0 aromatic heterocycles. The van der Waals surface area contributed by atoms with Crippen molar-refractivity contribution in [2.24, 2.45) is 5.41 Å². The maximum absolute atomic E-state index is 14.1. The lowest BCUT2D eigenvalue weighted by Crippen LogP contribution is -2.45. The van der Waals surface area contributed by atoms with E-state index in [0.717, 1.165) is 32.4 Å². The molecule has 0 bridgehead atoms. The van der Waals surface area contributed by atoms with Crippen LogP contribution in [0, 0.1) is 11.2 Å². The summed E-state index contributed by atoms with van der Waals surface area (Å²) >= 11 is 0. The molecule has 1 N–H and O–H groups in total. The van der Waals surface area contributed by atoms with Crippen molar-refractivity contribution in [2.45, 2.75) is 25.8 Å². The van der Waals surface area contributed by atoms with Gasteiger partial charge in [-0.1, -0.05) is 6.07 Å². The summed E-state index contributed by atoms with van der Waals surface area (Å²) in [4.78, 5) is 2.22. The Bertz CT molecular complexity index is 483. The van der Waals surface area contributed by atoms with E-state index in [9.17, 15) is 9.50 Å². The number of likely N-dealkylation sites (tertiary alicyclic amines) is 1. The van der Waals surface area contributed by atoms with Crippen LogP contribution in [0.4, 0.5) is 4.39 Å². The number of nitrogens with zero attached hydrogens (tertiary/aromatic N) is 1. The highest BCUT2D eigenvalue weighted by atomic mass is 19.1. The standard InChI is InChI=1S/C17H26FNO3/c1-21-9-7-17(13-20)6-3-8-19(12-17)11-14-4-5-15(22-2)10-16(14)18/h4-5,10,20H,3,6-9,11-13H2,1-2H3/t17-/m0/s1. The van der Waals surface area contributed by atoms with Crippen LogP contribution in [0.2, 0.25) is 0 Å². The maximum Gasteiger partial charge on any atom is 0.131 e. The molecule has 0 saturated carbocycles. The number of hydrogen-bond acceptors (Lipinski definition) is 4. The van der Waals surface area contributed by atoms with E-state index in [1.54, 1.807) is 19.2 Å². The van der Waals surface area contributed by atoms with Gasteiger partial charge in [-0.3, -0.25) is 4.90 Å². The van der Waals surface area contributed by atoms with Crippen LogP contribution in [0.3, 0.4) is 0 Å². The summed E-state index contributed by atoms with van der Waals surface area (Å²) in [5.41, 5.74) is 0.540. The average molecular weight is 311 g/mol. The largest absolute Gasteiger partial charge is 0.497 e. The highest BCUT2D eigenvalue weighted by molar-refractivity contribution is 5.28. The Morgan fingerprint density at radius 2 is 2.18 bits per heavy atom. The summed E-state index contributed by atoms with van der Waals surface area (Å²) in [5, 5.41) is 9.80. The van der Waals surface area contributed by atoms with Gasteiger partial charge in [0.25, 0.3) is 0 Å². The maximum atomic E-state index is 14.1. The van der Waals surface area contributed by atoms with E-state index in [1.807, 2.05) is 0 Å². The van der Waals surface area contributed by atoms with Crippen molar-refractivity contribution in [3.05, 3.63) is 29.6 Å². The number of methoxy groups -OCH3 is 2. The van der Waals surface area contributed by atoms with Crippen molar-refractivity contribution < 1.29 is 19.0 Å². The molecule has 0 aliphatic carbocycles. The first-order valence-corrected chi connectivity index (χ1v) is 7.77. The Hall–Kier alpha value is -1.17. The minimum atomic E-state index is -0.239. The molecule has 1 aliphatic heterocycles. The van der Waals surface area contributed by atoms with Crippen molar-refractivity contribution in [3.8, 4) is 5.75 Å². The molecule has 22 heavy (non-hydrogen) atoms. The van der Waals surface area contributed by atoms with E-state index in [1.165, 1.54) is 13.2 Å². The molecule has 124 valence electrons. The van der Waals surface area contributed by atoms with Gasteiger partial charge in [0.2, 0.25) is 0 Å². The Kier molecular flexibility index (Phi) is 6.17. The van der Waals surface area contributed by atoms with E-state index < -0.39 is 0 Å². The lowest BCUT2D eigenvalue weighted by molar-refractivity contribution is 0.00445. The van der Waals surface area contributed by atoms with Crippen LogP contribution in [-0.4, -0.2) is 50.5 Å². The summed E-state index contributed by atoms with van der Waals surface area (Å²) in [6, 6.07) is 4.98. The molecule has 1 saturated heterocycles. The van der Waals surface area contributed by atoms with Crippen LogP contribution in [0.1, 0.15) is 24.8 Å². The second kappa shape index (κ2) is 7.90. The Morgan fingerprint density at radius 1 is 1.36 bits per heavy atom. The van der Waals surface area contributed by atoms with Gasteiger partial charge in [-0.25, -0.2) is 4.39 Å². The normalized spacial score (nSPS) is 22.7. The van der Waals surface area contributed by atoms with Crippen LogP contribution in [0.25, 0.3) is 0 Å². The van der Waals surface area contributed by atoms with Gasteiger partial charge in [0.15, 0.2) is 0 Å². The van der Waals surface area contributed by atoms with E-state index in [2.05, 4.69) is 4.90 Å². The molecule has 1 aromatic rings. The van der Waals surface area contributed by atoms with E-state index in [-0.39, 0.29) is 17.8 Å². The summed E-state index contributed by atoms with van der Waals surface area (Å²) in [6.07, 6.45) is 2.85. The van der Waals surface area contributed by atoms with E-state index in [4.69, 9.17) is 9.47 Å². The topological polar surface area (TPSA) is 41.9 Å². The molecule has 1 aromatic carbocycles. The molecule has 1 fully saturated rings. The highest BCUT2D eigenvalue weighted by Crippen LogP contribution is 2.34. The monoisotopic (exact) mass is 311 g/mol. The third-order valence-electron chi connectivity index (χ3n) is 4.57. The Labute approximate surface area is 131 Å². The van der Waals surface area contributed by atoms with Gasteiger partial charge in [0, 0.05) is 43.9 Å². The number of benzene rings is 1. The predicted molar refractivity (Wildman–Crippen MR) is 83.5 cm³/mol. The quantitative estimate of drug-likeness (QED) is 0.840. The van der Waals surface area contributed by atoms with Crippen molar-refractivity contribution in [1.82, 2.24) is 4.90 Å². The first-order chi connectivity index (χ1) is 10.6. The molecule has 1 heterocycles. The molecule has 5 heteroatoms. The number of piperidine rings is 1. The molecule has 0 radical (unpaired) electrons. The number of halogens is 1. The van der Waals surface area contributed by atoms with Crippen LogP contribution in [0.5, 0.6) is 5.75 Å². The van der Waals surface area contributed by atoms with Crippen molar-refractivity contribution >= 4 is 0 Å². The zero-order valence-corrected chi connectivity index (χ0v) is 13.5. The molecule has 0 spiro atoms. The molecule has 1 atom stereocenters. The zero-order chi connectivity index (χ0) is 16.0. The fourth-order valence-corrected chi connectivity index (χ4v) is 3.20. The summed E-state index contributed by atoms with van der Waals surface area (Å²) in [5.74, 6) is 0.293. The summed E-state index contributed by atoms with van der Waals surface area (Å²) in [6.45, 7) is 3.06. The molecule has 2 rings (SSSR count).